The third-order valence-electron chi connectivity index (χ3n) is 5.26. The first kappa shape index (κ1) is 16.6. The van der Waals surface area contributed by atoms with E-state index in [-0.39, 0.29) is 17.8 Å². The molecule has 3 N–H and O–H groups in total. The topological polar surface area (TPSA) is 83.2 Å². The van der Waals surface area contributed by atoms with Crippen LogP contribution in [0.25, 0.3) is 0 Å². The Kier molecular flexibility index (Phi) is 4.54. The van der Waals surface area contributed by atoms with Crippen molar-refractivity contribution in [1.29, 1.82) is 0 Å². The van der Waals surface area contributed by atoms with Crippen LogP contribution in [0.4, 0.5) is 4.39 Å². The lowest BCUT2D eigenvalue weighted by molar-refractivity contribution is 0.00722. The number of nitrogens with zero attached hydrogens (tertiary/aromatic N) is 3. The standard InChI is InChI=1S/C18H23FN4O2/c19-14-5-1-11(2-6-14)8-20-15-7-13(17(24)18(15)25)9-23-10-16(21-22-23)12-3-4-12/h1-2,5-6,10,12-13,15,17-18,20,24-25H,3-4,7-9H2/t13-,15-,17-,18+/m1/s1. The monoisotopic (exact) mass is 346 g/mol. The fourth-order valence-corrected chi connectivity index (χ4v) is 3.57. The van der Waals surface area contributed by atoms with Gasteiger partial charge >= 0.3 is 0 Å². The molecule has 0 amide bonds. The number of benzene rings is 1. The predicted octanol–water partition coefficient (Wildman–Crippen LogP) is 1.19. The lowest BCUT2D eigenvalue weighted by atomic mass is 10.1. The molecule has 134 valence electrons. The molecule has 2 saturated carbocycles. The minimum absolute atomic E-state index is 0.0746. The lowest BCUT2D eigenvalue weighted by Crippen LogP contribution is -2.39. The molecule has 4 atom stereocenters. The van der Waals surface area contributed by atoms with E-state index < -0.39 is 12.2 Å². The van der Waals surface area contributed by atoms with Crippen molar-refractivity contribution in [2.75, 3.05) is 0 Å². The fraction of sp³-hybridized carbons (Fsp3) is 0.556. The molecule has 1 aromatic carbocycles. The van der Waals surface area contributed by atoms with Gasteiger partial charge in [-0.25, -0.2) is 4.39 Å². The van der Waals surface area contributed by atoms with Gasteiger partial charge < -0.3 is 15.5 Å². The predicted molar refractivity (Wildman–Crippen MR) is 89.1 cm³/mol. The van der Waals surface area contributed by atoms with E-state index in [0.717, 1.165) is 11.3 Å². The van der Waals surface area contributed by atoms with Gasteiger partial charge in [0.25, 0.3) is 0 Å². The smallest absolute Gasteiger partial charge is 0.123 e. The molecule has 25 heavy (non-hydrogen) atoms. The first-order chi connectivity index (χ1) is 12.1. The summed E-state index contributed by atoms with van der Waals surface area (Å²) in [5.74, 6) is 0.214. The van der Waals surface area contributed by atoms with Crippen molar-refractivity contribution in [3.8, 4) is 0 Å². The van der Waals surface area contributed by atoms with Crippen LogP contribution in [0.1, 0.15) is 36.4 Å². The molecular formula is C18H23FN4O2. The van der Waals surface area contributed by atoms with Crippen LogP contribution < -0.4 is 5.32 Å². The van der Waals surface area contributed by atoms with Crippen LogP contribution >= 0.6 is 0 Å². The van der Waals surface area contributed by atoms with Crippen molar-refractivity contribution < 1.29 is 14.6 Å². The molecule has 7 heteroatoms. The number of aliphatic hydroxyl groups is 2. The Hall–Kier alpha value is -1.83. The van der Waals surface area contributed by atoms with Gasteiger partial charge in [0, 0.05) is 37.2 Å². The molecule has 0 bridgehead atoms. The molecule has 0 radical (unpaired) electrons. The summed E-state index contributed by atoms with van der Waals surface area (Å²) >= 11 is 0. The van der Waals surface area contributed by atoms with Crippen molar-refractivity contribution in [3.05, 3.63) is 47.5 Å². The molecule has 0 aliphatic heterocycles. The number of aromatic nitrogens is 3. The molecule has 4 rings (SSSR count). The van der Waals surface area contributed by atoms with Gasteiger partial charge in [0.1, 0.15) is 5.82 Å². The zero-order valence-corrected chi connectivity index (χ0v) is 13.9. The summed E-state index contributed by atoms with van der Waals surface area (Å²) in [7, 11) is 0. The SMILES string of the molecule is O[C@@H]1[C@@H](Cn2cc(C3CC3)nn2)C[C@@H](NCc2ccc(F)cc2)[C@@H]1O. The second kappa shape index (κ2) is 6.82. The van der Waals surface area contributed by atoms with Crippen molar-refractivity contribution in [3.63, 3.8) is 0 Å². The molecule has 2 fully saturated rings. The summed E-state index contributed by atoms with van der Waals surface area (Å²) in [6.07, 6.45) is 3.35. The molecule has 2 aliphatic carbocycles. The Labute approximate surface area is 145 Å². The Morgan fingerprint density at radius 2 is 1.92 bits per heavy atom. The largest absolute Gasteiger partial charge is 0.390 e. The van der Waals surface area contributed by atoms with Crippen molar-refractivity contribution in [2.45, 2.75) is 56.5 Å². The highest BCUT2D eigenvalue weighted by molar-refractivity contribution is 5.16. The van der Waals surface area contributed by atoms with E-state index >= 15 is 0 Å². The zero-order valence-electron chi connectivity index (χ0n) is 13.9. The Morgan fingerprint density at radius 3 is 2.64 bits per heavy atom. The van der Waals surface area contributed by atoms with E-state index in [4.69, 9.17) is 0 Å². The van der Waals surface area contributed by atoms with Gasteiger partial charge in [-0.05, 0) is 37.0 Å². The minimum Gasteiger partial charge on any atom is -0.390 e. The van der Waals surface area contributed by atoms with E-state index in [0.29, 0.717) is 25.4 Å². The van der Waals surface area contributed by atoms with Crippen molar-refractivity contribution in [2.24, 2.45) is 5.92 Å². The minimum atomic E-state index is -0.822. The fourth-order valence-electron chi connectivity index (χ4n) is 3.57. The van der Waals surface area contributed by atoms with Crippen LogP contribution in [-0.4, -0.2) is 43.5 Å². The van der Waals surface area contributed by atoms with Gasteiger partial charge in [0.2, 0.25) is 0 Å². The molecule has 0 unspecified atom stereocenters. The summed E-state index contributed by atoms with van der Waals surface area (Å²) < 4.78 is 14.7. The Morgan fingerprint density at radius 1 is 1.16 bits per heavy atom. The summed E-state index contributed by atoms with van der Waals surface area (Å²) in [5, 5.41) is 32.3. The average Bonchev–Trinajstić information content (AvgIpc) is 3.31. The van der Waals surface area contributed by atoms with Gasteiger partial charge in [-0.15, -0.1) is 5.10 Å². The first-order valence-corrected chi connectivity index (χ1v) is 8.84. The molecule has 0 saturated heterocycles. The van der Waals surface area contributed by atoms with Crippen LogP contribution in [0.15, 0.2) is 30.5 Å². The van der Waals surface area contributed by atoms with E-state index in [1.165, 1.54) is 25.0 Å². The van der Waals surface area contributed by atoms with Gasteiger partial charge in [0.15, 0.2) is 0 Å². The van der Waals surface area contributed by atoms with Crippen LogP contribution in [0.3, 0.4) is 0 Å². The van der Waals surface area contributed by atoms with Crippen LogP contribution in [0, 0.1) is 11.7 Å². The van der Waals surface area contributed by atoms with Crippen LogP contribution in [0.2, 0.25) is 0 Å². The van der Waals surface area contributed by atoms with Gasteiger partial charge in [0.05, 0.1) is 17.9 Å². The highest BCUT2D eigenvalue weighted by Gasteiger charge is 2.41. The second-order valence-corrected chi connectivity index (χ2v) is 7.23. The highest BCUT2D eigenvalue weighted by Crippen LogP contribution is 2.38. The number of hydrogen-bond donors (Lipinski definition) is 3. The third-order valence-corrected chi connectivity index (χ3v) is 5.26. The lowest BCUT2D eigenvalue weighted by Gasteiger charge is -2.18. The van der Waals surface area contributed by atoms with Gasteiger partial charge in [-0.2, -0.15) is 0 Å². The van der Waals surface area contributed by atoms with E-state index in [9.17, 15) is 14.6 Å². The molecule has 1 heterocycles. The van der Waals surface area contributed by atoms with E-state index in [1.54, 1.807) is 16.8 Å². The number of halogens is 1. The van der Waals surface area contributed by atoms with E-state index in [1.807, 2.05) is 6.20 Å². The molecule has 1 aromatic heterocycles. The summed E-state index contributed by atoms with van der Waals surface area (Å²) in [5.41, 5.74) is 1.97. The van der Waals surface area contributed by atoms with E-state index in [2.05, 4.69) is 15.6 Å². The maximum atomic E-state index is 12.9. The second-order valence-electron chi connectivity index (χ2n) is 7.23. The Bertz CT molecular complexity index is 716. The molecule has 2 aromatic rings. The first-order valence-electron chi connectivity index (χ1n) is 8.84. The number of aliphatic hydroxyl groups excluding tert-OH is 2. The van der Waals surface area contributed by atoms with Crippen LogP contribution in [0.5, 0.6) is 0 Å². The van der Waals surface area contributed by atoms with Gasteiger partial charge in [-0.1, -0.05) is 17.3 Å². The molecule has 0 spiro atoms. The quantitative estimate of drug-likeness (QED) is 0.732. The number of rotatable bonds is 6. The maximum absolute atomic E-state index is 12.9. The summed E-state index contributed by atoms with van der Waals surface area (Å²) in [4.78, 5) is 0. The maximum Gasteiger partial charge on any atom is 0.123 e. The average molecular weight is 346 g/mol. The Balaban J connectivity index is 1.33. The van der Waals surface area contributed by atoms with Crippen LogP contribution in [-0.2, 0) is 13.1 Å². The summed E-state index contributed by atoms with van der Waals surface area (Å²) in [6.45, 7) is 1.07. The van der Waals surface area contributed by atoms with Gasteiger partial charge in [-0.3, -0.25) is 4.68 Å². The third kappa shape index (κ3) is 3.73. The number of nitrogens with one attached hydrogen (secondary N) is 1. The zero-order chi connectivity index (χ0) is 17.4. The number of hydrogen-bond acceptors (Lipinski definition) is 5. The van der Waals surface area contributed by atoms with Crippen molar-refractivity contribution >= 4 is 0 Å². The summed E-state index contributed by atoms with van der Waals surface area (Å²) in [6, 6.07) is 6.07. The normalized spacial score (nSPS) is 29.2. The molecule has 6 nitrogen and oxygen atoms in total. The highest BCUT2D eigenvalue weighted by atomic mass is 19.1. The molecule has 2 aliphatic rings. The van der Waals surface area contributed by atoms with Crippen molar-refractivity contribution in [1.82, 2.24) is 20.3 Å². The molecular weight excluding hydrogens is 323 g/mol.